The molecule has 9 heteroatoms. The lowest BCUT2D eigenvalue weighted by molar-refractivity contribution is -0.142. The van der Waals surface area contributed by atoms with Gasteiger partial charge in [0.15, 0.2) is 0 Å². The molecule has 1 atom stereocenters. The Hall–Kier alpha value is -4.24. The summed E-state index contributed by atoms with van der Waals surface area (Å²) in [7, 11) is 1.31. The third-order valence-electron chi connectivity index (χ3n) is 6.13. The average molecular weight is 545 g/mol. The van der Waals surface area contributed by atoms with Crippen molar-refractivity contribution in [3.05, 3.63) is 108 Å². The number of ether oxygens (including phenoxy) is 1. The lowest BCUT2D eigenvalue weighted by Crippen LogP contribution is -2.42. The first-order valence-electron chi connectivity index (χ1n) is 12.3. The van der Waals surface area contributed by atoms with E-state index < -0.39 is 12.0 Å². The summed E-state index contributed by atoms with van der Waals surface area (Å²) in [6, 6.07) is 14.8. The van der Waals surface area contributed by atoms with Gasteiger partial charge in [0.1, 0.15) is 11.9 Å². The van der Waals surface area contributed by atoms with Gasteiger partial charge in [0.2, 0.25) is 0 Å². The molecule has 4 aromatic rings. The van der Waals surface area contributed by atoms with Crippen LogP contribution in [-0.2, 0) is 16.1 Å². The van der Waals surface area contributed by atoms with Crippen molar-refractivity contribution in [2.75, 3.05) is 19.1 Å². The molecule has 0 spiro atoms. The van der Waals surface area contributed by atoms with E-state index >= 15 is 0 Å². The molecule has 0 bridgehead atoms. The fraction of sp³-hybridized carbons (Fsp3) is 0.200. The van der Waals surface area contributed by atoms with Gasteiger partial charge in [-0.3, -0.25) is 9.78 Å². The van der Waals surface area contributed by atoms with Crippen molar-refractivity contribution in [1.82, 2.24) is 19.9 Å². The number of carbonyl (C=O) groups excluding carboxylic acids is 2. The number of aromatic nitrogens is 3. The third-order valence-corrected chi connectivity index (χ3v) is 6.77. The number of imidazole rings is 1. The number of benzene rings is 2. The minimum Gasteiger partial charge on any atom is -0.467 e. The maximum absolute atomic E-state index is 13.6. The van der Waals surface area contributed by atoms with Crippen LogP contribution in [0.4, 0.5) is 4.39 Å². The molecule has 200 valence electrons. The van der Waals surface area contributed by atoms with Crippen molar-refractivity contribution >= 4 is 35.3 Å². The number of allylic oxidation sites excluding steroid dienone is 1. The molecule has 0 saturated carbocycles. The molecule has 0 unspecified atom stereocenters. The van der Waals surface area contributed by atoms with E-state index in [9.17, 15) is 14.0 Å². The molecule has 2 aromatic heterocycles. The number of nitrogens with one attached hydrogen (secondary N) is 1. The Morgan fingerprint density at radius 1 is 1.13 bits per heavy atom. The Kier molecular flexibility index (Phi) is 9.64. The van der Waals surface area contributed by atoms with E-state index in [0.29, 0.717) is 29.8 Å². The van der Waals surface area contributed by atoms with Crippen molar-refractivity contribution in [2.24, 2.45) is 0 Å². The number of pyridine rings is 1. The smallest absolute Gasteiger partial charge is 0.328 e. The molecule has 7 nitrogen and oxygen atoms in total. The van der Waals surface area contributed by atoms with Gasteiger partial charge < -0.3 is 14.6 Å². The topological polar surface area (TPSA) is 86.1 Å². The maximum Gasteiger partial charge on any atom is 0.328 e. The minimum atomic E-state index is -0.753. The quantitative estimate of drug-likeness (QED) is 0.202. The van der Waals surface area contributed by atoms with Crippen LogP contribution in [0.1, 0.15) is 27.9 Å². The molecule has 2 aromatic carbocycles. The van der Waals surface area contributed by atoms with Gasteiger partial charge >= 0.3 is 5.97 Å². The van der Waals surface area contributed by atoms with Crippen molar-refractivity contribution in [1.29, 1.82) is 0 Å². The van der Waals surface area contributed by atoms with Gasteiger partial charge in [-0.2, -0.15) is 11.8 Å². The number of esters is 1. The SMILES string of the molecule is COC(=O)[C@H](CCSC)NC(=O)c1ccc(C=C(Cn2ccnc2)c2ccc(F)cc2)cc1-c1cccnc1. The number of amides is 1. The van der Waals surface area contributed by atoms with Crippen LogP contribution in [0.5, 0.6) is 0 Å². The highest BCUT2D eigenvalue weighted by molar-refractivity contribution is 7.98. The zero-order valence-corrected chi connectivity index (χ0v) is 22.5. The number of thioether (sulfide) groups is 1. The fourth-order valence-corrected chi connectivity index (χ4v) is 4.61. The third kappa shape index (κ3) is 7.42. The predicted octanol–water partition coefficient (Wildman–Crippen LogP) is 5.35. The normalized spacial score (nSPS) is 12.1. The Bertz CT molecular complexity index is 1420. The Labute approximate surface area is 231 Å². The number of hydrogen-bond acceptors (Lipinski definition) is 6. The highest BCUT2D eigenvalue weighted by Gasteiger charge is 2.23. The summed E-state index contributed by atoms with van der Waals surface area (Å²) in [6.07, 6.45) is 13.1. The van der Waals surface area contributed by atoms with E-state index in [1.807, 2.05) is 41.3 Å². The van der Waals surface area contributed by atoms with Crippen LogP contribution in [0.25, 0.3) is 22.8 Å². The van der Waals surface area contributed by atoms with Crippen molar-refractivity contribution < 1.29 is 18.7 Å². The molecule has 0 fully saturated rings. The van der Waals surface area contributed by atoms with Gasteiger partial charge in [0.25, 0.3) is 5.91 Å². The number of carbonyl (C=O) groups is 2. The van der Waals surface area contributed by atoms with Crippen LogP contribution in [0, 0.1) is 5.82 Å². The predicted molar refractivity (Wildman–Crippen MR) is 152 cm³/mol. The first-order valence-corrected chi connectivity index (χ1v) is 13.7. The first kappa shape index (κ1) is 27.8. The summed E-state index contributed by atoms with van der Waals surface area (Å²) in [5.41, 5.74) is 4.49. The molecule has 0 aliphatic heterocycles. The lowest BCUT2D eigenvalue weighted by Gasteiger charge is -2.18. The molecule has 4 rings (SSSR count). The van der Waals surface area contributed by atoms with E-state index in [1.54, 1.807) is 60.9 Å². The second-order valence-electron chi connectivity index (χ2n) is 8.79. The summed E-state index contributed by atoms with van der Waals surface area (Å²) >= 11 is 1.59. The zero-order valence-electron chi connectivity index (χ0n) is 21.7. The zero-order chi connectivity index (χ0) is 27.6. The van der Waals surface area contributed by atoms with Crippen LogP contribution in [0.2, 0.25) is 0 Å². The van der Waals surface area contributed by atoms with Gasteiger partial charge in [-0.1, -0.05) is 24.3 Å². The van der Waals surface area contributed by atoms with Gasteiger partial charge in [0.05, 0.1) is 13.4 Å². The largest absolute Gasteiger partial charge is 0.467 e. The summed E-state index contributed by atoms with van der Waals surface area (Å²) in [5, 5.41) is 2.84. The van der Waals surface area contributed by atoms with Gasteiger partial charge in [0, 0.05) is 42.5 Å². The van der Waals surface area contributed by atoms with E-state index in [1.165, 1.54) is 19.2 Å². The molecule has 0 saturated heterocycles. The van der Waals surface area contributed by atoms with E-state index in [4.69, 9.17) is 4.74 Å². The Morgan fingerprint density at radius 2 is 1.95 bits per heavy atom. The highest BCUT2D eigenvalue weighted by atomic mass is 32.2. The molecule has 2 heterocycles. The van der Waals surface area contributed by atoms with E-state index in [2.05, 4.69) is 15.3 Å². The van der Waals surface area contributed by atoms with Crippen LogP contribution < -0.4 is 5.32 Å². The number of hydrogen-bond donors (Lipinski definition) is 1. The standard InChI is InChI=1S/C30H29FN4O3S/c1-38-30(37)28(11-15-39-2)34-29(36)26-10-5-21(17-27(26)23-4-3-12-32-18-23)16-24(19-35-14-13-33-20-35)22-6-8-25(31)9-7-22/h3-10,12-14,16-18,20,28H,11,15,19H2,1-2H3,(H,34,36)/t28-/m0/s1. The molecule has 1 amide bonds. The summed E-state index contributed by atoms with van der Waals surface area (Å²) < 4.78 is 20.5. The van der Waals surface area contributed by atoms with Gasteiger partial charge in [-0.15, -0.1) is 0 Å². The summed E-state index contributed by atoms with van der Waals surface area (Å²) in [6.45, 7) is 0.520. The average Bonchev–Trinajstić information content (AvgIpc) is 3.48. The van der Waals surface area contributed by atoms with Gasteiger partial charge in [-0.05, 0) is 77.1 Å². The molecular weight excluding hydrogens is 515 g/mol. The summed E-state index contributed by atoms with van der Waals surface area (Å²) in [5.74, 6) is -0.471. The lowest BCUT2D eigenvalue weighted by atomic mass is 9.95. The molecule has 0 aliphatic carbocycles. The number of methoxy groups -OCH3 is 1. The van der Waals surface area contributed by atoms with Crippen LogP contribution in [0.15, 0.2) is 85.7 Å². The number of nitrogens with zero attached hydrogens (tertiary/aromatic N) is 3. The van der Waals surface area contributed by atoms with Crippen molar-refractivity contribution in [2.45, 2.75) is 19.0 Å². The second-order valence-corrected chi connectivity index (χ2v) is 9.77. The molecule has 0 radical (unpaired) electrons. The Balaban J connectivity index is 1.74. The summed E-state index contributed by atoms with van der Waals surface area (Å²) in [4.78, 5) is 34.1. The van der Waals surface area contributed by atoms with Crippen LogP contribution >= 0.6 is 11.8 Å². The highest BCUT2D eigenvalue weighted by Crippen LogP contribution is 2.28. The molecular formula is C30H29FN4O3S. The van der Waals surface area contributed by atoms with Crippen molar-refractivity contribution in [3.63, 3.8) is 0 Å². The molecule has 0 aliphatic rings. The number of halogens is 1. The van der Waals surface area contributed by atoms with E-state index in [-0.39, 0.29) is 11.7 Å². The Morgan fingerprint density at radius 3 is 2.62 bits per heavy atom. The minimum absolute atomic E-state index is 0.308. The molecule has 1 N–H and O–H groups in total. The molecule has 39 heavy (non-hydrogen) atoms. The monoisotopic (exact) mass is 544 g/mol. The van der Waals surface area contributed by atoms with Gasteiger partial charge in [-0.25, -0.2) is 14.2 Å². The van der Waals surface area contributed by atoms with Crippen LogP contribution in [-0.4, -0.2) is 51.6 Å². The number of rotatable bonds is 11. The maximum atomic E-state index is 13.6. The van der Waals surface area contributed by atoms with Crippen molar-refractivity contribution in [3.8, 4) is 11.1 Å². The van der Waals surface area contributed by atoms with E-state index in [0.717, 1.165) is 22.3 Å². The van der Waals surface area contributed by atoms with Crippen LogP contribution in [0.3, 0.4) is 0 Å². The second kappa shape index (κ2) is 13.5. The fourth-order valence-electron chi connectivity index (χ4n) is 4.14. The first-order chi connectivity index (χ1) is 19.0.